The lowest BCUT2D eigenvalue weighted by Gasteiger charge is -2.27. The molecule has 4 nitrogen and oxygen atoms in total. The number of pyridine rings is 1. The fourth-order valence-electron chi connectivity index (χ4n) is 1.40. The summed E-state index contributed by atoms with van der Waals surface area (Å²) >= 11 is 0. The van der Waals surface area contributed by atoms with Gasteiger partial charge in [0.1, 0.15) is 0 Å². The number of amides is 1. The topological polar surface area (TPSA) is 68.0 Å². The van der Waals surface area contributed by atoms with Crippen LogP contribution in [0.2, 0.25) is 0 Å². The fraction of sp³-hybridized carbons (Fsp3) is 0.538. The third-order valence-corrected chi connectivity index (χ3v) is 2.71. The second-order valence-corrected chi connectivity index (χ2v) is 5.33. The second-order valence-electron chi connectivity index (χ2n) is 5.33. The van der Waals surface area contributed by atoms with E-state index in [1.807, 2.05) is 45.9 Å². The Morgan fingerprint density at radius 2 is 2.06 bits per heavy atom. The van der Waals surface area contributed by atoms with E-state index < -0.39 is 6.04 Å². The van der Waals surface area contributed by atoms with Crippen molar-refractivity contribution in [2.24, 2.45) is 11.1 Å². The van der Waals surface area contributed by atoms with E-state index >= 15 is 0 Å². The molecule has 1 heterocycles. The van der Waals surface area contributed by atoms with Crippen LogP contribution in [0, 0.1) is 5.41 Å². The van der Waals surface area contributed by atoms with E-state index in [1.54, 1.807) is 6.20 Å². The van der Waals surface area contributed by atoms with Gasteiger partial charge in [0.15, 0.2) is 0 Å². The summed E-state index contributed by atoms with van der Waals surface area (Å²) in [5.74, 6) is -0.143. The van der Waals surface area contributed by atoms with Crippen molar-refractivity contribution < 1.29 is 4.79 Å². The molecule has 2 atom stereocenters. The van der Waals surface area contributed by atoms with Crippen LogP contribution >= 0.6 is 0 Å². The van der Waals surface area contributed by atoms with Gasteiger partial charge >= 0.3 is 0 Å². The summed E-state index contributed by atoms with van der Waals surface area (Å²) in [7, 11) is 0. The lowest BCUT2D eigenvalue weighted by Crippen LogP contribution is -2.49. The van der Waals surface area contributed by atoms with Crippen molar-refractivity contribution in [3.63, 3.8) is 0 Å². The molecule has 0 aliphatic rings. The van der Waals surface area contributed by atoms with Crippen LogP contribution in [-0.2, 0) is 4.79 Å². The zero-order valence-corrected chi connectivity index (χ0v) is 10.9. The molecule has 1 unspecified atom stereocenters. The van der Waals surface area contributed by atoms with E-state index in [4.69, 9.17) is 5.73 Å². The minimum atomic E-state index is -0.520. The fourth-order valence-corrected chi connectivity index (χ4v) is 1.40. The maximum absolute atomic E-state index is 11.9. The summed E-state index contributed by atoms with van der Waals surface area (Å²) < 4.78 is 0. The minimum absolute atomic E-state index is 0.128. The van der Waals surface area contributed by atoms with Gasteiger partial charge in [0.2, 0.25) is 5.91 Å². The number of hydrogen-bond acceptors (Lipinski definition) is 3. The lowest BCUT2D eigenvalue weighted by atomic mass is 9.87. The van der Waals surface area contributed by atoms with Crippen molar-refractivity contribution in [1.82, 2.24) is 10.3 Å². The monoisotopic (exact) mass is 235 g/mol. The molecule has 0 aliphatic heterocycles. The maximum Gasteiger partial charge on any atom is 0.237 e. The van der Waals surface area contributed by atoms with E-state index in [0.29, 0.717) is 0 Å². The van der Waals surface area contributed by atoms with Gasteiger partial charge in [-0.2, -0.15) is 0 Å². The molecular formula is C13H21N3O. The van der Waals surface area contributed by atoms with Gasteiger partial charge in [-0.15, -0.1) is 0 Å². The number of nitrogens with zero attached hydrogens (tertiary/aromatic N) is 1. The first-order chi connectivity index (χ1) is 7.82. The van der Waals surface area contributed by atoms with Crippen molar-refractivity contribution in [2.45, 2.75) is 39.8 Å². The molecule has 1 aromatic rings. The molecular weight excluding hydrogens is 214 g/mol. The molecule has 1 amide bonds. The van der Waals surface area contributed by atoms with Crippen molar-refractivity contribution in [3.05, 3.63) is 30.1 Å². The van der Waals surface area contributed by atoms with Gasteiger partial charge < -0.3 is 11.1 Å². The zero-order chi connectivity index (χ0) is 13.1. The standard InChI is InChI=1S/C13H21N3O/c1-9(10-7-5-6-8-15-10)16-12(17)11(14)13(2,3)4/h5-9,11H,14H2,1-4H3,(H,16,17)/t9-,11?/m1/s1. The van der Waals surface area contributed by atoms with Crippen molar-refractivity contribution >= 4 is 5.91 Å². The quantitative estimate of drug-likeness (QED) is 0.836. The van der Waals surface area contributed by atoms with Gasteiger partial charge in [-0.25, -0.2) is 0 Å². The molecule has 3 N–H and O–H groups in total. The molecule has 0 radical (unpaired) electrons. The van der Waals surface area contributed by atoms with Gasteiger partial charge in [-0.05, 0) is 24.5 Å². The van der Waals surface area contributed by atoms with E-state index in [0.717, 1.165) is 5.69 Å². The van der Waals surface area contributed by atoms with Crippen LogP contribution in [0.5, 0.6) is 0 Å². The highest BCUT2D eigenvalue weighted by molar-refractivity contribution is 5.82. The molecule has 0 aromatic carbocycles. The third-order valence-electron chi connectivity index (χ3n) is 2.71. The highest BCUT2D eigenvalue weighted by Crippen LogP contribution is 2.18. The van der Waals surface area contributed by atoms with Gasteiger partial charge in [0, 0.05) is 6.20 Å². The Bertz CT molecular complexity index is 370. The predicted molar refractivity (Wildman–Crippen MR) is 68.2 cm³/mol. The highest BCUT2D eigenvalue weighted by atomic mass is 16.2. The Kier molecular flexibility index (Phi) is 4.23. The number of hydrogen-bond donors (Lipinski definition) is 2. The number of nitrogens with two attached hydrogens (primary N) is 1. The van der Waals surface area contributed by atoms with E-state index in [2.05, 4.69) is 10.3 Å². The number of nitrogens with one attached hydrogen (secondary N) is 1. The Balaban J connectivity index is 2.64. The molecule has 4 heteroatoms. The molecule has 0 saturated carbocycles. The Morgan fingerprint density at radius 3 is 2.53 bits per heavy atom. The molecule has 94 valence electrons. The highest BCUT2D eigenvalue weighted by Gasteiger charge is 2.28. The average Bonchev–Trinajstić information content (AvgIpc) is 2.27. The summed E-state index contributed by atoms with van der Waals surface area (Å²) in [5, 5.41) is 2.88. The summed E-state index contributed by atoms with van der Waals surface area (Å²) in [5.41, 5.74) is 6.48. The molecule has 17 heavy (non-hydrogen) atoms. The number of aromatic nitrogens is 1. The molecule has 0 bridgehead atoms. The Morgan fingerprint density at radius 1 is 1.41 bits per heavy atom. The Hall–Kier alpha value is -1.42. The normalized spacial score (nSPS) is 15.1. The molecule has 1 rings (SSSR count). The summed E-state index contributed by atoms with van der Waals surface area (Å²) in [6, 6.07) is 4.98. The van der Waals surface area contributed by atoms with Crippen molar-refractivity contribution in [2.75, 3.05) is 0 Å². The predicted octanol–water partition coefficient (Wildman–Crippen LogP) is 1.63. The number of carbonyl (C=O) groups excluding carboxylic acids is 1. The molecule has 1 aromatic heterocycles. The zero-order valence-electron chi connectivity index (χ0n) is 10.9. The number of carbonyl (C=O) groups is 1. The summed E-state index contributed by atoms with van der Waals surface area (Å²) in [6.07, 6.45) is 1.71. The summed E-state index contributed by atoms with van der Waals surface area (Å²) in [6.45, 7) is 7.74. The smallest absolute Gasteiger partial charge is 0.237 e. The Labute approximate surface area is 103 Å². The van der Waals surface area contributed by atoms with Gasteiger partial charge in [-0.3, -0.25) is 9.78 Å². The molecule has 0 aliphatic carbocycles. The first-order valence-electron chi connectivity index (χ1n) is 5.79. The first kappa shape index (κ1) is 13.6. The third kappa shape index (κ3) is 3.82. The van der Waals surface area contributed by atoms with Crippen LogP contribution in [0.4, 0.5) is 0 Å². The molecule has 0 spiro atoms. The minimum Gasteiger partial charge on any atom is -0.347 e. The van der Waals surface area contributed by atoms with Crippen LogP contribution < -0.4 is 11.1 Å². The molecule has 0 fully saturated rings. The molecule has 0 saturated heterocycles. The van der Waals surface area contributed by atoms with Crippen molar-refractivity contribution in [1.29, 1.82) is 0 Å². The van der Waals surface area contributed by atoms with E-state index in [1.165, 1.54) is 0 Å². The summed E-state index contributed by atoms with van der Waals surface area (Å²) in [4.78, 5) is 16.1. The van der Waals surface area contributed by atoms with Crippen molar-refractivity contribution in [3.8, 4) is 0 Å². The van der Waals surface area contributed by atoms with E-state index in [-0.39, 0.29) is 17.4 Å². The van der Waals surface area contributed by atoms with E-state index in [9.17, 15) is 4.79 Å². The van der Waals surface area contributed by atoms with Crippen LogP contribution in [0.15, 0.2) is 24.4 Å². The van der Waals surface area contributed by atoms with Gasteiger partial charge in [0.25, 0.3) is 0 Å². The van der Waals surface area contributed by atoms with Gasteiger partial charge in [0.05, 0.1) is 17.8 Å². The average molecular weight is 235 g/mol. The largest absolute Gasteiger partial charge is 0.347 e. The lowest BCUT2D eigenvalue weighted by molar-refractivity contribution is -0.125. The SMILES string of the molecule is C[C@@H](NC(=O)C(N)C(C)(C)C)c1ccccn1. The maximum atomic E-state index is 11.9. The van der Waals surface area contributed by atoms with Crippen LogP contribution in [0.1, 0.15) is 39.4 Å². The van der Waals surface area contributed by atoms with Crippen LogP contribution in [0.3, 0.4) is 0 Å². The first-order valence-corrected chi connectivity index (χ1v) is 5.79. The van der Waals surface area contributed by atoms with Crippen LogP contribution in [0.25, 0.3) is 0 Å². The number of rotatable bonds is 3. The van der Waals surface area contributed by atoms with Gasteiger partial charge in [-0.1, -0.05) is 26.8 Å². The second kappa shape index (κ2) is 5.27. The van der Waals surface area contributed by atoms with Crippen LogP contribution in [-0.4, -0.2) is 16.9 Å².